The van der Waals surface area contributed by atoms with Gasteiger partial charge < -0.3 is 9.47 Å². The van der Waals surface area contributed by atoms with Crippen molar-refractivity contribution in [2.24, 2.45) is 5.10 Å². The van der Waals surface area contributed by atoms with Gasteiger partial charge in [-0.1, -0.05) is 46.3 Å². The molecule has 10 heteroatoms. The Kier molecular flexibility index (Phi) is 7.65. The highest BCUT2D eigenvalue weighted by atomic mass is 79.9. The van der Waals surface area contributed by atoms with E-state index in [1.165, 1.54) is 24.4 Å². The lowest BCUT2D eigenvalue weighted by atomic mass is 10.2. The largest absolute Gasteiger partial charge is 0.477 e. The monoisotopic (exact) mass is 497 g/mol. The molecule has 1 amide bonds. The molecular formula is C22H16BrN3O6. The lowest BCUT2D eigenvalue weighted by molar-refractivity contribution is -0.385. The van der Waals surface area contributed by atoms with E-state index in [1.54, 1.807) is 54.6 Å². The van der Waals surface area contributed by atoms with Gasteiger partial charge in [0.1, 0.15) is 5.75 Å². The molecule has 3 rings (SSSR count). The van der Waals surface area contributed by atoms with E-state index in [0.717, 1.165) is 4.47 Å². The summed E-state index contributed by atoms with van der Waals surface area (Å²) in [5, 5.41) is 14.8. The first-order valence-electron chi connectivity index (χ1n) is 9.18. The van der Waals surface area contributed by atoms with Crippen molar-refractivity contribution in [3.05, 3.63) is 98.5 Å². The van der Waals surface area contributed by atoms with Crippen molar-refractivity contribution in [3.63, 3.8) is 0 Å². The lowest BCUT2D eigenvalue weighted by Crippen LogP contribution is -2.24. The molecule has 0 aliphatic rings. The fourth-order valence-electron chi connectivity index (χ4n) is 2.52. The summed E-state index contributed by atoms with van der Waals surface area (Å²) in [6.07, 6.45) is 1.36. The van der Waals surface area contributed by atoms with Crippen LogP contribution in [-0.2, 0) is 4.79 Å². The van der Waals surface area contributed by atoms with E-state index in [2.05, 4.69) is 26.5 Å². The van der Waals surface area contributed by atoms with E-state index in [1.807, 2.05) is 0 Å². The van der Waals surface area contributed by atoms with Gasteiger partial charge in [0.25, 0.3) is 5.91 Å². The highest BCUT2D eigenvalue weighted by molar-refractivity contribution is 9.10. The molecule has 0 atom stereocenters. The summed E-state index contributed by atoms with van der Waals surface area (Å²) in [5.41, 5.74) is 2.99. The van der Waals surface area contributed by atoms with Crippen LogP contribution in [0.15, 0.2) is 82.4 Å². The first-order valence-corrected chi connectivity index (χ1v) is 9.97. The number of nitro groups is 1. The average Bonchev–Trinajstić information content (AvgIpc) is 2.78. The summed E-state index contributed by atoms with van der Waals surface area (Å²) < 4.78 is 11.3. The Hall–Kier alpha value is -4.05. The zero-order valence-corrected chi connectivity index (χ0v) is 18.0. The van der Waals surface area contributed by atoms with Gasteiger partial charge in [-0.25, -0.2) is 10.2 Å². The number of hydrazone groups is 1. The van der Waals surface area contributed by atoms with Gasteiger partial charge in [-0.3, -0.25) is 14.9 Å². The van der Waals surface area contributed by atoms with Crippen molar-refractivity contribution in [2.75, 3.05) is 6.61 Å². The molecule has 162 valence electrons. The number of rotatable bonds is 8. The Morgan fingerprint density at radius 1 is 1.06 bits per heavy atom. The number of carbonyl (C=O) groups excluding carboxylic acids is 2. The smallest absolute Gasteiger partial charge is 0.343 e. The number of nitrogens with one attached hydrogen (secondary N) is 1. The van der Waals surface area contributed by atoms with Crippen LogP contribution in [0.3, 0.4) is 0 Å². The predicted octanol–water partition coefficient (Wildman–Crippen LogP) is 4.11. The van der Waals surface area contributed by atoms with Crippen LogP contribution in [-0.4, -0.2) is 29.6 Å². The molecule has 0 aromatic heterocycles. The summed E-state index contributed by atoms with van der Waals surface area (Å²) >= 11 is 3.30. The van der Waals surface area contributed by atoms with Crippen LogP contribution < -0.4 is 14.9 Å². The highest BCUT2D eigenvalue weighted by Crippen LogP contribution is 2.25. The second-order valence-electron chi connectivity index (χ2n) is 6.28. The predicted molar refractivity (Wildman–Crippen MR) is 120 cm³/mol. The van der Waals surface area contributed by atoms with Gasteiger partial charge in [-0.15, -0.1) is 0 Å². The van der Waals surface area contributed by atoms with Crippen LogP contribution in [0.4, 0.5) is 5.69 Å². The van der Waals surface area contributed by atoms with Crippen LogP contribution in [0.25, 0.3) is 0 Å². The number of para-hydroxylation sites is 2. The molecule has 3 aromatic carbocycles. The minimum Gasteiger partial charge on any atom is -0.477 e. The zero-order chi connectivity index (χ0) is 22.9. The Morgan fingerprint density at radius 2 is 1.84 bits per heavy atom. The Bertz CT molecular complexity index is 1180. The number of amides is 1. The van der Waals surface area contributed by atoms with Gasteiger partial charge in [0, 0.05) is 10.5 Å². The van der Waals surface area contributed by atoms with Crippen LogP contribution >= 0.6 is 15.9 Å². The molecule has 0 saturated heterocycles. The van der Waals surface area contributed by atoms with Crippen molar-refractivity contribution in [1.82, 2.24) is 5.43 Å². The van der Waals surface area contributed by atoms with Crippen LogP contribution in [0.1, 0.15) is 15.9 Å². The number of benzene rings is 3. The van der Waals surface area contributed by atoms with Crippen LogP contribution in [0.5, 0.6) is 11.5 Å². The van der Waals surface area contributed by atoms with Gasteiger partial charge in [0.2, 0.25) is 0 Å². The summed E-state index contributed by atoms with van der Waals surface area (Å²) in [6.45, 7) is -0.452. The molecular weight excluding hydrogens is 482 g/mol. The molecule has 1 N–H and O–H groups in total. The maximum absolute atomic E-state index is 12.2. The van der Waals surface area contributed by atoms with E-state index >= 15 is 0 Å². The van der Waals surface area contributed by atoms with Crippen LogP contribution in [0, 0.1) is 10.1 Å². The molecule has 0 unspecified atom stereocenters. The van der Waals surface area contributed by atoms with E-state index < -0.39 is 23.4 Å². The topological polar surface area (TPSA) is 120 Å². The molecule has 0 aliphatic carbocycles. The third-order valence-corrected chi connectivity index (χ3v) is 4.45. The van der Waals surface area contributed by atoms with Gasteiger partial charge in [0.05, 0.1) is 16.7 Å². The number of esters is 1. The summed E-state index contributed by atoms with van der Waals surface area (Å²) in [6, 6.07) is 19.1. The molecule has 0 radical (unpaired) electrons. The zero-order valence-electron chi connectivity index (χ0n) is 16.4. The Morgan fingerprint density at radius 3 is 2.62 bits per heavy atom. The number of hydrogen-bond donors (Lipinski definition) is 1. The van der Waals surface area contributed by atoms with Crippen molar-refractivity contribution in [3.8, 4) is 11.5 Å². The van der Waals surface area contributed by atoms with Gasteiger partial charge in [-0.05, 0) is 42.0 Å². The lowest BCUT2D eigenvalue weighted by Gasteiger charge is -2.06. The number of ether oxygens (including phenoxy) is 2. The second-order valence-corrected chi connectivity index (χ2v) is 7.19. The fraction of sp³-hybridized carbons (Fsp3) is 0.0455. The summed E-state index contributed by atoms with van der Waals surface area (Å²) in [7, 11) is 0. The molecule has 0 aliphatic heterocycles. The van der Waals surface area contributed by atoms with Gasteiger partial charge >= 0.3 is 11.7 Å². The third kappa shape index (κ3) is 6.47. The third-order valence-electron chi connectivity index (χ3n) is 3.95. The normalized spacial score (nSPS) is 10.5. The average molecular weight is 498 g/mol. The van der Waals surface area contributed by atoms with Crippen molar-refractivity contribution in [2.45, 2.75) is 0 Å². The highest BCUT2D eigenvalue weighted by Gasteiger charge is 2.14. The quantitative estimate of drug-likeness (QED) is 0.164. The first kappa shape index (κ1) is 22.6. The molecule has 0 spiro atoms. The Balaban J connectivity index is 1.54. The van der Waals surface area contributed by atoms with E-state index in [-0.39, 0.29) is 11.4 Å². The fourth-order valence-corrected chi connectivity index (χ4v) is 2.92. The Labute approximate surface area is 190 Å². The van der Waals surface area contributed by atoms with E-state index in [9.17, 15) is 19.7 Å². The maximum atomic E-state index is 12.2. The van der Waals surface area contributed by atoms with E-state index in [4.69, 9.17) is 9.47 Å². The molecule has 0 fully saturated rings. The van der Waals surface area contributed by atoms with Crippen molar-refractivity contribution < 1.29 is 24.0 Å². The van der Waals surface area contributed by atoms with Crippen LogP contribution in [0.2, 0.25) is 0 Å². The minimum atomic E-state index is -0.600. The van der Waals surface area contributed by atoms with Crippen molar-refractivity contribution in [1.29, 1.82) is 0 Å². The molecule has 32 heavy (non-hydrogen) atoms. The molecule has 3 aromatic rings. The molecule has 0 bridgehead atoms. The van der Waals surface area contributed by atoms with Crippen molar-refractivity contribution >= 4 is 39.7 Å². The van der Waals surface area contributed by atoms with E-state index in [0.29, 0.717) is 16.9 Å². The number of nitrogens with zero attached hydrogens (tertiary/aromatic N) is 2. The second kappa shape index (κ2) is 10.8. The minimum absolute atomic E-state index is 0.0170. The number of halogens is 1. The number of hydrogen-bond acceptors (Lipinski definition) is 7. The standard InChI is InChI=1S/C22H16BrN3O6/c23-17-7-4-6-16(12-17)22(28)32-18-8-3-5-15(11-18)13-24-25-21(27)14-31-20-10-2-1-9-19(20)26(29)30/h1-13H,14H2,(H,25,27)/b24-13-. The first-order chi connectivity index (χ1) is 15.4. The number of nitro benzene ring substituents is 1. The van der Waals surface area contributed by atoms with Gasteiger partial charge in [-0.2, -0.15) is 5.10 Å². The van der Waals surface area contributed by atoms with Gasteiger partial charge in [0.15, 0.2) is 12.4 Å². The number of carbonyl (C=O) groups is 2. The molecule has 0 saturated carbocycles. The maximum Gasteiger partial charge on any atom is 0.343 e. The molecule has 0 heterocycles. The molecule has 9 nitrogen and oxygen atoms in total. The summed E-state index contributed by atoms with van der Waals surface area (Å²) in [4.78, 5) is 34.5. The SMILES string of the molecule is O=C(COc1ccccc1[N+](=O)[O-])N/N=C\c1cccc(OC(=O)c2cccc(Br)c2)c1. The summed E-state index contributed by atoms with van der Waals surface area (Å²) in [5.74, 6) is -0.820.